The van der Waals surface area contributed by atoms with Crippen LogP contribution in [0, 0.1) is 34.5 Å². The second kappa shape index (κ2) is 11.7. The van der Waals surface area contributed by atoms with Crippen LogP contribution in [0.4, 0.5) is 0 Å². The summed E-state index contributed by atoms with van der Waals surface area (Å²) in [6.45, 7) is 15.3. The van der Waals surface area contributed by atoms with Gasteiger partial charge in [0.15, 0.2) is 5.79 Å². The van der Waals surface area contributed by atoms with E-state index in [0.29, 0.717) is 23.2 Å². The van der Waals surface area contributed by atoms with Crippen molar-refractivity contribution < 1.29 is 14.6 Å². The Bertz CT molecular complexity index is 581. The second-order valence-corrected chi connectivity index (χ2v) is 12.5. The molecule has 0 aromatic carbocycles. The van der Waals surface area contributed by atoms with Gasteiger partial charge in [0.1, 0.15) is 0 Å². The predicted molar refractivity (Wildman–Crippen MR) is 138 cm³/mol. The van der Waals surface area contributed by atoms with Gasteiger partial charge in [-0.2, -0.15) is 0 Å². The van der Waals surface area contributed by atoms with Crippen LogP contribution in [-0.4, -0.2) is 30.2 Å². The lowest BCUT2D eigenvalue weighted by atomic mass is 9.58. The molecule has 4 aliphatic rings. The van der Waals surface area contributed by atoms with Crippen LogP contribution in [0.2, 0.25) is 0 Å². The molecule has 4 rings (SSSR count). The zero-order valence-corrected chi connectivity index (χ0v) is 23.0. The molecule has 1 spiro atoms. The molecule has 1 aliphatic heterocycles. The molecule has 3 saturated carbocycles. The molecule has 1 heterocycles. The lowest BCUT2D eigenvalue weighted by molar-refractivity contribution is -0.321. The zero-order valence-electron chi connectivity index (χ0n) is 23.0. The number of hydrogen-bond acceptors (Lipinski definition) is 3. The van der Waals surface area contributed by atoms with Crippen molar-refractivity contribution in [2.45, 2.75) is 143 Å². The highest BCUT2D eigenvalue weighted by atomic mass is 16.7. The number of unbranched alkanes of at least 4 members (excludes halogenated alkanes) is 2. The molecule has 0 bridgehead atoms. The van der Waals surface area contributed by atoms with Crippen LogP contribution >= 0.6 is 0 Å². The molecule has 1 saturated heterocycles. The van der Waals surface area contributed by atoms with Gasteiger partial charge >= 0.3 is 0 Å². The van der Waals surface area contributed by atoms with Crippen molar-refractivity contribution in [3.05, 3.63) is 0 Å². The minimum absolute atomic E-state index is 0.0715. The molecule has 3 heteroatoms. The second-order valence-electron chi connectivity index (χ2n) is 12.5. The number of aliphatic hydroxyl groups excluding tert-OH is 1. The topological polar surface area (TPSA) is 38.7 Å². The van der Waals surface area contributed by atoms with E-state index in [1.165, 1.54) is 64.2 Å². The van der Waals surface area contributed by atoms with Gasteiger partial charge in [-0.1, -0.05) is 73.6 Å². The number of fused-ring (bicyclic) bond motifs is 2. The Balaban J connectivity index is 0.00000149. The third-order valence-corrected chi connectivity index (χ3v) is 10.3. The molecular formula is C30H56O3. The predicted octanol–water partition coefficient (Wildman–Crippen LogP) is 8.14. The summed E-state index contributed by atoms with van der Waals surface area (Å²) in [4.78, 5) is 0. The maximum absolute atomic E-state index is 11.6. The van der Waals surface area contributed by atoms with E-state index in [9.17, 15) is 5.11 Å². The van der Waals surface area contributed by atoms with Crippen LogP contribution < -0.4 is 0 Å². The first-order valence-corrected chi connectivity index (χ1v) is 14.8. The van der Waals surface area contributed by atoms with Gasteiger partial charge < -0.3 is 14.6 Å². The Morgan fingerprint density at radius 2 is 1.64 bits per heavy atom. The number of rotatable bonds is 7. The quantitative estimate of drug-likeness (QED) is 0.386. The van der Waals surface area contributed by atoms with Crippen molar-refractivity contribution >= 4 is 0 Å². The van der Waals surface area contributed by atoms with E-state index in [4.69, 9.17) is 9.47 Å². The molecule has 1 N–H and O–H groups in total. The van der Waals surface area contributed by atoms with Gasteiger partial charge in [-0.3, -0.25) is 0 Å². The van der Waals surface area contributed by atoms with E-state index in [1.54, 1.807) is 0 Å². The fraction of sp³-hybridized carbons (Fsp3) is 1.00. The number of ether oxygens (including phenoxy) is 2. The van der Waals surface area contributed by atoms with Crippen molar-refractivity contribution in [2.24, 2.45) is 34.5 Å². The average molecular weight is 465 g/mol. The Labute approximate surface area is 205 Å². The summed E-state index contributed by atoms with van der Waals surface area (Å²) in [5.74, 6) is 2.13. The number of aliphatic hydroxyl groups is 1. The third kappa shape index (κ3) is 5.67. The highest BCUT2D eigenvalue weighted by Gasteiger charge is 2.63. The molecule has 0 aromatic heterocycles. The van der Waals surface area contributed by atoms with Gasteiger partial charge in [-0.25, -0.2) is 0 Å². The monoisotopic (exact) mass is 464 g/mol. The molecular weight excluding hydrogens is 408 g/mol. The SMILES string of the molecule is CC.CCCCCC1CCC(C)(C)C(CC(O)C2CCCC3(C)C2CCC32OCCCO2)C1. The minimum Gasteiger partial charge on any atom is -0.393 e. The zero-order chi connectivity index (χ0) is 24.1. The third-order valence-electron chi connectivity index (χ3n) is 10.3. The Morgan fingerprint density at radius 3 is 2.33 bits per heavy atom. The lowest BCUT2D eigenvalue weighted by Crippen LogP contribution is -2.55. The van der Waals surface area contributed by atoms with Crippen molar-refractivity contribution in [1.29, 1.82) is 0 Å². The first-order chi connectivity index (χ1) is 15.8. The highest BCUT2D eigenvalue weighted by Crippen LogP contribution is 2.63. The molecule has 3 aliphatic carbocycles. The molecule has 4 fully saturated rings. The highest BCUT2D eigenvalue weighted by molar-refractivity contribution is 5.08. The fourth-order valence-corrected chi connectivity index (χ4v) is 8.16. The lowest BCUT2D eigenvalue weighted by Gasteiger charge is -2.53. The van der Waals surface area contributed by atoms with Crippen LogP contribution in [0.15, 0.2) is 0 Å². The molecule has 6 unspecified atom stereocenters. The van der Waals surface area contributed by atoms with Gasteiger partial charge in [0.25, 0.3) is 0 Å². The van der Waals surface area contributed by atoms with E-state index in [1.807, 2.05) is 13.8 Å². The molecule has 33 heavy (non-hydrogen) atoms. The summed E-state index contributed by atoms with van der Waals surface area (Å²) in [6.07, 6.45) is 17.2. The normalized spacial score (nSPS) is 38.3. The Kier molecular flexibility index (Phi) is 9.77. The van der Waals surface area contributed by atoms with Gasteiger partial charge in [-0.05, 0) is 80.5 Å². The van der Waals surface area contributed by atoms with Crippen molar-refractivity contribution in [3.8, 4) is 0 Å². The largest absolute Gasteiger partial charge is 0.393 e. The maximum Gasteiger partial charge on any atom is 0.173 e. The van der Waals surface area contributed by atoms with Gasteiger partial charge in [0.05, 0.1) is 19.3 Å². The van der Waals surface area contributed by atoms with Crippen LogP contribution in [0.25, 0.3) is 0 Å². The summed E-state index contributed by atoms with van der Waals surface area (Å²) >= 11 is 0. The van der Waals surface area contributed by atoms with Crippen LogP contribution in [0.5, 0.6) is 0 Å². The van der Waals surface area contributed by atoms with E-state index in [-0.39, 0.29) is 17.3 Å². The van der Waals surface area contributed by atoms with Crippen LogP contribution in [0.1, 0.15) is 131 Å². The van der Waals surface area contributed by atoms with E-state index >= 15 is 0 Å². The van der Waals surface area contributed by atoms with Crippen LogP contribution in [-0.2, 0) is 9.47 Å². The molecule has 194 valence electrons. The smallest absolute Gasteiger partial charge is 0.173 e. The molecule has 0 aromatic rings. The Hall–Kier alpha value is -0.120. The van der Waals surface area contributed by atoms with Crippen molar-refractivity contribution in [2.75, 3.05) is 13.2 Å². The van der Waals surface area contributed by atoms with Gasteiger partial charge in [0.2, 0.25) is 0 Å². The summed E-state index contributed by atoms with van der Waals surface area (Å²) in [7, 11) is 0. The average Bonchev–Trinajstić information content (AvgIpc) is 3.09. The van der Waals surface area contributed by atoms with Gasteiger partial charge in [-0.15, -0.1) is 0 Å². The maximum atomic E-state index is 11.6. The minimum atomic E-state index is -0.372. The van der Waals surface area contributed by atoms with E-state index < -0.39 is 0 Å². The first-order valence-electron chi connectivity index (χ1n) is 14.8. The van der Waals surface area contributed by atoms with E-state index in [0.717, 1.165) is 44.8 Å². The first kappa shape index (κ1) is 27.5. The standard InChI is InChI=1S/C28H50O3.C2H6/c1-5-6-7-10-21-12-15-26(2,3)22(19-21)20-25(29)23-11-8-14-27(4)24(23)13-16-28(27)30-17-9-18-31-28;1-2/h21-25,29H,5-20H2,1-4H3;1-2H3. The number of hydrogen-bond donors (Lipinski definition) is 1. The summed E-state index contributed by atoms with van der Waals surface area (Å²) in [5, 5.41) is 11.6. The van der Waals surface area contributed by atoms with E-state index in [2.05, 4.69) is 27.7 Å². The molecule has 6 atom stereocenters. The summed E-state index contributed by atoms with van der Waals surface area (Å²) in [6, 6.07) is 0. The Morgan fingerprint density at radius 1 is 0.909 bits per heavy atom. The fourth-order valence-electron chi connectivity index (χ4n) is 8.16. The summed E-state index contributed by atoms with van der Waals surface area (Å²) in [5.41, 5.74) is 0.439. The van der Waals surface area contributed by atoms with Gasteiger partial charge in [0, 0.05) is 11.8 Å². The van der Waals surface area contributed by atoms with Crippen molar-refractivity contribution in [1.82, 2.24) is 0 Å². The van der Waals surface area contributed by atoms with Crippen molar-refractivity contribution in [3.63, 3.8) is 0 Å². The molecule has 3 nitrogen and oxygen atoms in total. The molecule has 0 amide bonds. The molecule has 0 radical (unpaired) electrons. The summed E-state index contributed by atoms with van der Waals surface area (Å²) < 4.78 is 12.7. The van der Waals surface area contributed by atoms with Crippen LogP contribution in [0.3, 0.4) is 0 Å².